The molecule has 0 aliphatic heterocycles. The van der Waals surface area contributed by atoms with Crippen LogP contribution in [0.1, 0.15) is 0 Å². The summed E-state index contributed by atoms with van der Waals surface area (Å²) in [6.45, 7) is 0. The lowest BCUT2D eigenvalue weighted by atomic mass is 9.53. The van der Waals surface area contributed by atoms with E-state index in [1.54, 1.807) is 0 Å². The van der Waals surface area contributed by atoms with Gasteiger partial charge in [0, 0.05) is 0 Å². The Kier molecular flexibility index (Phi) is 6.63. The van der Waals surface area contributed by atoms with E-state index in [2.05, 4.69) is 0 Å². The molecule has 0 saturated carbocycles. The zero-order valence-electron chi connectivity index (χ0n) is 4.58. The van der Waals surface area contributed by atoms with E-state index >= 15 is 0 Å². The molecule has 0 aromatic heterocycles. The summed E-state index contributed by atoms with van der Waals surface area (Å²) in [4.78, 5) is 0. The molecule has 0 N–H and O–H groups in total. The summed E-state index contributed by atoms with van der Waals surface area (Å²) in [5.74, 6) is 0. The Bertz CT molecular complexity index is 74.0. The van der Waals surface area contributed by atoms with E-state index in [1.807, 2.05) is 0 Å². The largest absolute Gasteiger partial charge is 0.345 e. The standard InChI is InChI=1S/CHB3Cl6/c5-2(6)1(3(7)8)4(9)10/h1H. The SMILES string of the molecule is ClB(Cl)C(B(Cl)Cl)B(Cl)Cl. The molecule has 0 amide bonds. The Balaban J connectivity index is 3.98. The first kappa shape index (κ1) is 11.9. The van der Waals surface area contributed by atoms with Crippen LogP contribution >= 0.6 is 68.8 Å². The Hall–Kier alpha value is 1.93. The van der Waals surface area contributed by atoms with Crippen molar-refractivity contribution in [3.05, 3.63) is 0 Å². The molecule has 0 radical (unpaired) electrons. The lowest BCUT2D eigenvalue weighted by molar-refractivity contribution is 1.82. The summed E-state index contributed by atoms with van der Waals surface area (Å²) in [5, 5.41) is 0. The van der Waals surface area contributed by atoms with E-state index in [-0.39, 0.29) is 0 Å². The first-order chi connectivity index (χ1) is 4.46. The second-order valence-electron chi connectivity index (χ2n) is 1.58. The Labute approximate surface area is 90.5 Å². The van der Waals surface area contributed by atoms with E-state index in [9.17, 15) is 0 Å². The van der Waals surface area contributed by atoms with Crippen molar-refractivity contribution in [1.82, 2.24) is 0 Å². The molecule has 56 valence electrons. The van der Waals surface area contributed by atoms with Crippen molar-refractivity contribution in [2.75, 3.05) is 0 Å². The van der Waals surface area contributed by atoms with Crippen molar-refractivity contribution in [2.45, 2.75) is 5.62 Å². The zero-order valence-corrected chi connectivity index (χ0v) is 9.11. The highest BCUT2D eigenvalue weighted by Gasteiger charge is 2.39. The Morgan fingerprint density at radius 3 is 0.800 bits per heavy atom. The summed E-state index contributed by atoms with van der Waals surface area (Å²) in [5.41, 5.74) is -2.77. The van der Waals surface area contributed by atoms with Crippen LogP contribution in [0.15, 0.2) is 0 Å². The van der Waals surface area contributed by atoms with Gasteiger partial charge in [0.1, 0.15) is 0 Å². The maximum absolute atomic E-state index is 5.46. The Morgan fingerprint density at radius 1 is 0.600 bits per heavy atom. The summed E-state index contributed by atoms with van der Waals surface area (Å²) in [7, 11) is 0. The molecular weight excluding hydrogens is 257 g/mol. The Morgan fingerprint density at radius 2 is 0.800 bits per heavy atom. The van der Waals surface area contributed by atoms with E-state index < -0.39 is 22.2 Å². The van der Waals surface area contributed by atoms with Crippen LogP contribution in [-0.2, 0) is 0 Å². The summed E-state index contributed by atoms with van der Waals surface area (Å²) < 4.78 is 0. The average Bonchev–Trinajstić information content (AvgIpc) is 1.59. The van der Waals surface area contributed by atoms with Crippen molar-refractivity contribution in [2.24, 2.45) is 0 Å². The first-order valence-electron chi connectivity index (χ1n) is 2.31. The van der Waals surface area contributed by atoms with Gasteiger partial charge in [-0.3, -0.25) is 0 Å². The van der Waals surface area contributed by atoms with Gasteiger partial charge in [0.2, 0.25) is 0 Å². The van der Waals surface area contributed by atoms with Gasteiger partial charge >= 0.3 is 16.6 Å². The van der Waals surface area contributed by atoms with Gasteiger partial charge in [-0.05, 0) is 5.62 Å². The summed E-state index contributed by atoms with van der Waals surface area (Å²) >= 11 is 32.8. The van der Waals surface area contributed by atoms with Crippen LogP contribution in [0, 0.1) is 0 Å². The third-order valence-electron chi connectivity index (χ3n) is 0.873. The van der Waals surface area contributed by atoms with E-state index in [0.717, 1.165) is 0 Å². The minimum Gasteiger partial charge on any atom is -0.173 e. The molecule has 9 heteroatoms. The van der Waals surface area contributed by atoms with Crippen LogP contribution in [0.2, 0.25) is 5.62 Å². The molecule has 0 bridgehead atoms. The highest BCUT2D eigenvalue weighted by atomic mass is 35.5. The summed E-state index contributed by atoms with van der Waals surface area (Å²) in [6.07, 6.45) is 0. The molecular formula is CHB3Cl6. The molecule has 0 saturated heterocycles. The molecule has 0 aromatic carbocycles. The van der Waals surface area contributed by atoms with E-state index in [4.69, 9.17) is 68.8 Å². The average molecular weight is 258 g/mol. The van der Waals surface area contributed by atoms with Crippen molar-refractivity contribution in [3.63, 3.8) is 0 Å². The van der Waals surface area contributed by atoms with Gasteiger partial charge in [0.25, 0.3) is 0 Å². The van der Waals surface area contributed by atoms with Gasteiger partial charge in [-0.15, -0.1) is 0 Å². The van der Waals surface area contributed by atoms with Crippen molar-refractivity contribution in [1.29, 1.82) is 0 Å². The van der Waals surface area contributed by atoms with Crippen molar-refractivity contribution >= 4 is 85.4 Å². The van der Waals surface area contributed by atoms with Crippen LogP contribution in [-0.4, -0.2) is 16.6 Å². The maximum Gasteiger partial charge on any atom is 0.345 e. The topological polar surface area (TPSA) is 0 Å². The molecule has 0 aliphatic rings. The molecule has 0 aromatic rings. The molecule has 0 unspecified atom stereocenters. The van der Waals surface area contributed by atoms with E-state index in [1.165, 1.54) is 0 Å². The zero-order chi connectivity index (χ0) is 8.31. The third kappa shape index (κ3) is 4.08. The number of rotatable bonds is 3. The lowest BCUT2D eigenvalue weighted by Gasteiger charge is -2.11. The molecule has 0 nitrogen and oxygen atoms in total. The molecule has 0 fully saturated rings. The minimum absolute atomic E-state index is 0.519. The van der Waals surface area contributed by atoms with Gasteiger partial charge in [0.05, 0.1) is 0 Å². The monoisotopic (exact) mass is 256 g/mol. The first-order valence-corrected chi connectivity index (χ1v) is 4.93. The predicted octanol–water partition coefficient (Wildman–Crippen LogP) is 3.33. The van der Waals surface area contributed by atoms with Gasteiger partial charge in [-0.25, -0.2) is 0 Å². The van der Waals surface area contributed by atoms with Gasteiger partial charge in [0.15, 0.2) is 0 Å². The minimum atomic E-state index is -0.750. The maximum atomic E-state index is 5.46. The normalized spacial score (nSPS) is 9.90. The molecule has 0 spiro atoms. The van der Waals surface area contributed by atoms with Crippen molar-refractivity contribution < 1.29 is 0 Å². The van der Waals surface area contributed by atoms with Crippen LogP contribution in [0.3, 0.4) is 0 Å². The number of halogens is 6. The quantitative estimate of drug-likeness (QED) is 0.681. The van der Waals surface area contributed by atoms with Crippen LogP contribution in [0.4, 0.5) is 0 Å². The van der Waals surface area contributed by atoms with Crippen molar-refractivity contribution in [3.8, 4) is 0 Å². The second-order valence-corrected chi connectivity index (χ2v) is 5.07. The van der Waals surface area contributed by atoms with Gasteiger partial charge in [-0.2, -0.15) is 68.8 Å². The smallest absolute Gasteiger partial charge is 0.173 e. The molecule has 0 rings (SSSR count). The van der Waals surface area contributed by atoms with Crippen LogP contribution < -0.4 is 0 Å². The van der Waals surface area contributed by atoms with Gasteiger partial charge < -0.3 is 0 Å². The van der Waals surface area contributed by atoms with E-state index in [0.29, 0.717) is 0 Å². The lowest BCUT2D eigenvalue weighted by Crippen LogP contribution is -2.27. The van der Waals surface area contributed by atoms with Crippen LogP contribution in [0.25, 0.3) is 0 Å². The number of hydrogen-bond donors (Lipinski definition) is 0. The fourth-order valence-corrected chi connectivity index (χ4v) is 2.97. The number of hydrogen-bond acceptors (Lipinski definition) is 0. The highest BCUT2D eigenvalue weighted by molar-refractivity contribution is 7.56. The highest BCUT2D eigenvalue weighted by Crippen LogP contribution is 2.31. The molecule has 10 heavy (non-hydrogen) atoms. The molecule has 0 atom stereocenters. The molecule has 0 heterocycles. The fourth-order valence-electron chi connectivity index (χ4n) is 0.330. The fraction of sp³-hybridized carbons (Fsp3) is 1.00. The second kappa shape index (κ2) is 5.56. The third-order valence-corrected chi connectivity index (χ3v) is 2.62. The predicted molar refractivity (Wildman–Crippen MR) is 56.1 cm³/mol. The van der Waals surface area contributed by atoms with Gasteiger partial charge in [-0.1, -0.05) is 0 Å². The van der Waals surface area contributed by atoms with Crippen LogP contribution in [0.5, 0.6) is 0 Å². The summed E-state index contributed by atoms with van der Waals surface area (Å²) in [6, 6.07) is 0. The molecule has 0 aliphatic carbocycles.